The number of hydrogen-bond acceptors (Lipinski definition) is 7. The zero-order valence-electron chi connectivity index (χ0n) is 14.7. The van der Waals surface area contributed by atoms with Crippen molar-refractivity contribution >= 4 is 23.4 Å². The molecule has 140 valence electrons. The van der Waals surface area contributed by atoms with Gasteiger partial charge in [-0.2, -0.15) is 0 Å². The number of benzene rings is 1. The fourth-order valence-electron chi connectivity index (χ4n) is 2.08. The van der Waals surface area contributed by atoms with Crippen molar-refractivity contribution in [3.05, 3.63) is 33.9 Å². The summed E-state index contributed by atoms with van der Waals surface area (Å²) in [6.07, 6.45) is 0. The van der Waals surface area contributed by atoms with Gasteiger partial charge in [0.2, 0.25) is 5.91 Å². The molecule has 0 aliphatic rings. The first-order valence-electron chi connectivity index (χ1n) is 7.68. The van der Waals surface area contributed by atoms with Crippen LogP contribution in [-0.2, 0) is 20.0 Å². The number of nitro benzene ring substituents is 1. The average molecular weight is 372 g/mol. The van der Waals surface area contributed by atoms with E-state index in [9.17, 15) is 14.9 Å². The van der Waals surface area contributed by atoms with Gasteiger partial charge < -0.3 is 19.1 Å². The molecule has 1 rings (SSSR count). The Morgan fingerprint density at radius 3 is 2.36 bits per heavy atom. The zero-order valence-corrected chi connectivity index (χ0v) is 15.5. The number of hydrogen-bond donors (Lipinski definition) is 0. The van der Waals surface area contributed by atoms with Crippen molar-refractivity contribution in [2.24, 2.45) is 0 Å². The first-order valence-corrected chi connectivity index (χ1v) is 8.83. The topological polar surface area (TPSA) is 91.1 Å². The lowest BCUT2D eigenvalue weighted by molar-refractivity contribution is -0.385. The molecule has 0 unspecified atom stereocenters. The number of carbonyl (C=O) groups is 1. The fourth-order valence-corrected chi connectivity index (χ4v) is 2.95. The number of rotatable bonds is 12. The molecule has 0 N–H and O–H groups in total. The molecule has 0 bridgehead atoms. The molecule has 0 radical (unpaired) electrons. The molecule has 0 atom stereocenters. The minimum Gasteiger partial charge on any atom is -0.490 e. The van der Waals surface area contributed by atoms with Gasteiger partial charge in [0, 0.05) is 39.1 Å². The van der Waals surface area contributed by atoms with Gasteiger partial charge in [-0.3, -0.25) is 14.9 Å². The van der Waals surface area contributed by atoms with E-state index in [-0.39, 0.29) is 23.1 Å². The molecule has 1 aromatic carbocycles. The Morgan fingerprint density at radius 2 is 1.84 bits per heavy atom. The van der Waals surface area contributed by atoms with Crippen molar-refractivity contribution in [1.29, 1.82) is 0 Å². The van der Waals surface area contributed by atoms with Crippen LogP contribution in [0.15, 0.2) is 18.2 Å². The Bertz CT molecular complexity index is 562. The second kappa shape index (κ2) is 11.7. The van der Waals surface area contributed by atoms with Gasteiger partial charge in [-0.1, -0.05) is 6.07 Å². The molecule has 0 aliphatic heterocycles. The van der Waals surface area contributed by atoms with Gasteiger partial charge in [0.25, 0.3) is 0 Å². The highest BCUT2D eigenvalue weighted by molar-refractivity contribution is 7.99. The van der Waals surface area contributed by atoms with Crippen molar-refractivity contribution in [3.63, 3.8) is 0 Å². The number of nitro groups is 1. The van der Waals surface area contributed by atoms with Crippen molar-refractivity contribution in [2.75, 3.05) is 53.4 Å². The highest BCUT2D eigenvalue weighted by Crippen LogP contribution is 2.29. The summed E-state index contributed by atoms with van der Waals surface area (Å²) in [4.78, 5) is 24.5. The van der Waals surface area contributed by atoms with Gasteiger partial charge in [-0.05, 0) is 11.6 Å². The van der Waals surface area contributed by atoms with Crippen molar-refractivity contribution < 1.29 is 23.9 Å². The molecular weight excluding hydrogens is 348 g/mol. The summed E-state index contributed by atoms with van der Waals surface area (Å²) >= 11 is 1.41. The van der Waals surface area contributed by atoms with Crippen molar-refractivity contribution in [2.45, 2.75) is 5.75 Å². The van der Waals surface area contributed by atoms with E-state index in [0.29, 0.717) is 32.1 Å². The highest BCUT2D eigenvalue weighted by atomic mass is 32.2. The number of thioether (sulfide) groups is 1. The Balaban J connectivity index is 2.58. The third-order valence-corrected chi connectivity index (χ3v) is 4.41. The maximum absolute atomic E-state index is 12.3. The van der Waals surface area contributed by atoms with Crippen LogP contribution in [0.1, 0.15) is 5.56 Å². The molecule has 0 aromatic heterocycles. The van der Waals surface area contributed by atoms with E-state index >= 15 is 0 Å². The normalized spacial score (nSPS) is 10.5. The van der Waals surface area contributed by atoms with E-state index in [1.54, 1.807) is 31.3 Å². The lowest BCUT2D eigenvalue weighted by Crippen LogP contribution is -2.37. The summed E-state index contributed by atoms with van der Waals surface area (Å²) in [5, 5.41) is 11.0. The van der Waals surface area contributed by atoms with Crippen LogP contribution in [0.5, 0.6) is 5.75 Å². The van der Waals surface area contributed by atoms with Crippen LogP contribution in [0.4, 0.5) is 5.69 Å². The maximum atomic E-state index is 12.3. The third kappa shape index (κ3) is 7.29. The van der Waals surface area contributed by atoms with E-state index in [4.69, 9.17) is 14.2 Å². The van der Waals surface area contributed by atoms with Crippen LogP contribution in [0, 0.1) is 10.1 Å². The molecule has 25 heavy (non-hydrogen) atoms. The predicted octanol–water partition coefficient (Wildman–Crippen LogP) is 1.96. The molecule has 8 nitrogen and oxygen atoms in total. The minimum atomic E-state index is -0.477. The van der Waals surface area contributed by atoms with Crippen LogP contribution in [-0.4, -0.2) is 69.1 Å². The van der Waals surface area contributed by atoms with E-state index < -0.39 is 4.92 Å². The van der Waals surface area contributed by atoms with Gasteiger partial charge in [0.05, 0.1) is 31.0 Å². The Kier molecular flexibility index (Phi) is 9.90. The molecule has 1 amide bonds. The molecule has 0 saturated carbocycles. The first kappa shape index (κ1) is 21.2. The largest absolute Gasteiger partial charge is 0.490 e. The molecule has 0 fully saturated rings. The number of nitrogens with zero attached hydrogens (tertiary/aromatic N) is 2. The average Bonchev–Trinajstić information content (AvgIpc) is 2.61. The van der Waals surface area contributed by atoms with E-state index in [2.05, 4.69) is 0 Å². The number of carbonyl (C=O) groups excluding carboxylic acids is 1. The minimum absolute atomic E-state index is 0.0119. The molecular formula is C16H24N2O6S. The van der Waals surface area contributed by atoms with E-state index in [0.717, 1.165) is 5.56 Å². The molecule has 0 saturated heterocycles. The van der Waals surface area contributed by atoms with Crippen LogP contribution in [0.25, 0.3) is 0 Å². The third-order valence-electron chi connectivity index (χ3n) is 3.42. The SMILES string of the molecule is COCCN(CCOC)C(=O)CSCc1ccc(OC)c([N+](=O)[O-])c1. The zero-order chi connectivity index (χ0) is 18.7. The summed E-state index contributed by atoms with van der Waals surface area (Å²) in [7, 11) is 4.57. The molecule has 0 heterocycles. The van der Waals surface area contributed by atoms with Crippen LogP contribution >= 0.6 is 11.8 Å². The summed E-state index contributed by atoms with van der Waals surface area (Å²) in [6.45, 7) is 1.94. The van der Waals surface area contributed by atoms with Gasteiger partial charge in [0.1, 0.15) is 0 Å². The van der Waals surface area contributed by atoms with Crippen molar-refractivity contribution in [3.8, 4) is 5.75 Å². The van der Waals surface area contributed by atoms with E-state index in [1.165, 1.54) is 24.9 Å². The predicted molar refractivity (Wildman–Crippen MR) is 96.1 cm³/mol. The number of methoxy groups -OCH3 is 3. The standard InChI is InChI=1S/C16H24N2O6S/c1-22-8-6-17(7-9-23-2)16(19)12-25-11-13-4-5-15(24-3)14(10-13)18(20)21/h4-5,10H,6-9,11-12H2,1-3H3. The lowest BCUT2D eigenvalue weighted by atomic mass is 10.2. The monoisotopic (exact) mass is 372 g/mol. The van der Waals surface area contributed by atoms with Gasteiger partial charge >= 0.3 is 5.69 Å². The molecule has 0 aliphatic carbocycles. The quantitative estimate of drug-likeness (QED) is 0.409. The Labute approximate surface area is 151 Å². The molecule has 9 heteroatoms. The van der Waals surface area contributed by atoms with Crippen molar-refractivity contribution in [1.82, 2.24) is 4.90 Å². The first-order chi connectivity index (χ1) is 12.0. The fraction of sp³-hybridized carbons (Fsp3) is 0.562. The summed E-state index contributed by atoms with van der Waals surface area (Å²) in [6, 6.07) is 4.81. The van der Waals surface area contributed by atoms with Crippen LogP contribution < -0.4 is 4.74 Å². The molecule has 0 spiro atoms. The van der Waals surface area contributed by atoms with Crippen LogP contribution in [0.2, 0.25) is 0 Å². The molecule has 1 aromatic rings. The summed E-state index contributed by atoms with van der Waals surface area (Å²) in [5.74, 6) is 0.994. The number of amides is 1. The second-order valence-corrected chi connectivity index (χ2v) is 6.11. The lowest BCUT2D eigenvalue weighted by Gasteiger charge is -2.21. The number of ether oxygens (including phenoxy) is 3. The Hall–Kier alpha value is -1.84. The Morgan fingerprint density at radius 1 is 1.20 bits per heavy atom. The van der Waals surface area contributed by atoms with Crippen LogP contribution in [0.3, 0.4) is 0 Å². The summed E-state index contributed by atoms with van der Waals surface area (Å²) in [5.41, 5.74) is 0.694. The van der Waals surface area contributed by atoms with E-state index in [1.807, 2.05) is 0 Å². The van der Waals surface area contributed by atoms with Gasteiger partial charge in [-0.25, -0.2) is 0 Å². The maximum Gasteiger partial charge on any atom is 0.311 e. The van der Waals surface area contributed by atoms with Gasteiger partial charge in [-0.15, -0.1) is 11.8 Å². The second-order valence-electron chi connectivity index (χ2n) is 5.12. The smallest absolute Gasteiger partial charge is 0.311 e. The van der Waals surface area contributed by atoms with Gasteiger partial charge in [0.15, 0.2) is 5.75 Å². The highest BCUT2D eigenvalue weighted by Gasteiger charge is 2.16. The summed E-state index contributed by atoms with van der Waals surface area (Å²) < 4.78 is 15.0.